The first-order valence-electron chi connectivity index (χ1n) is 10.1. The highest BCUT2D eigenvalue weighted by Gasteiger charge is 2.34. The monoisotopic (exact) mass is 431 g/mol. The molecule has 0 aliphatic carbocycles. The van der Waals surface area contributed by atoms with Gasteiger partial charge in [-0.25, -0.2) is 0 Å². The fourth-order valence-electron chi connectivity index (χ4n) is 3.62. The zero-order valence-corrected chi connectivity index (χ0v) is 18.6. The second-order valence-corrected chi connectivity index (χ2v) is 8.80. The molecule has 0 saturated carbocycles. The summed E-state index contributed by atoms with van der Waals surface area (Å²) in [4.78, 5) is 29.1. The van der Waals surface area contributed by atoms with Crippen LogP contribution in [0.2, 0.25) is 0 Å². The van der Waals surface area contributed by atoms with Gasteiger partial charge in [0.05, 0.1) is 5.75 Å². The molecule has 31 heavy (non-hydrogen) atoms. The van der Waals surface area contributed by atoms with Crippen molar-refractivity contribution in [1.82, 2.24) is 0 Å². The summed E-state index contributed by atoms with van der Waals surface area (Å²) in [5.41, 5.74) is 5.34. The van der Waals surface area contributed by atoms with Crippen molar-refractivity contribution in [2.45, 2.75) is 12.3 Å². The van der Waals surface area contributed by atoms with Crippen LogP contribution in [-0.4, -0.2) is 31.7 Å². The Labute approximate surface area is 187 Å². The van der Waals surface area contributed by atoms with Gasteiger partial charge in [0, 0.05) is 36.7 Å². The molecule has 1 fully saturated rings. The number of amides is 2. The number of anilines is 3. The van der Waals surface area contributed by atoms with Gasteiger partial charge in [-0.2, -0.15) is 0 Å². The summed E-state index contributed by atoms with van der Waals surface area (Å²) in [6, 6.07) is 23.3. The number of hydrogen-bond acceptors (Lipinski definition) is 4. The van der Waals surface area contributed by atoms with E-state index >= 15 is 0 Å². The molecule has 1 aliphatic heterocycles. The smallest absolute Gasteiger partial charge is 0.255 e. The zero-order chi connectivity index (χ0) is 22.0. The lowest BCUT2D eigenvalue weighted by Crippen LogP contribution is -2.27. The number of hydrogen-bond donors (Lipinski definition) is 1. The molecule has 0 spiro atoms. The largest absolute Gasteiger partial charge is 0.378 e. The van der Waals surface area contributed by atoms with Crippen LogP contribution in [0.15, 0.2) is 72.8 Å². The maximum atomic E-state index is 12.6. The van der Waals surface area contributed by atoms with Crippen LogP contribution in [0.25, 0.3) is 0 Å². The Bertz CT molecular complexity index is 1090. The molecule has 1 aliphatic rings. The molecule has 0 radical (unpaired) electrons. The van der Waals surface area contributed by atoms with Crippen molar-refractivity contribution >= 4 is 40.6 Å². The fraction of sp³-hybridized carbons (Fsp3) is 0.200. The zero-order valence-electron chi connectivity index (χ0n) is 17.8. The van der Waals surface area contributed by atoms with E-state index in [9.17, 15) is 9.59 Å². The molecular weight excluding hydrogens is 406 g/mol. The van der Waals surface area contributed by atoms with Crippen LogP contribution in [0.1, 0.15) is 26.9 Å². The molecule has 5 nitrogen and oxygen atoms in total. The molecule has 1 heterocycles. The molecule has 2 amide bonds. The van der Waals surface area contributed by atoms with Crippen LogP contribution in [0.5, 0.6) is 0 Å². The summed E-state index contributed by atoms with van der Waals surface area (Å²) < 4.78 is 0. The van der Waals surface area contributed by atoms with Crippen LogP contribution in [-0.2, 0) is 4.79 Å². The minimum Gasteiger partial charge on any atom is -0.378 e. The van der Waals surface area contributed by atoms with E-state index in [1.54, 1.807) is 11.8 Å². The van der Waals surface area contributed by atoms with Gasteiger partial charge in [0.15, 0.2) is 0 Å². The third-order valence-electron chi connectivity index (χ3n) is 5.36. The van der Waals surface area contributed by atoms with Gasteiger partial charge < -0.3 is 10.2 Å². The lowest BCUT2D eigenvalue weighted by molar-refractivity contribution is -0.115. The summed E-state index contributed by atoms with van der Waals surface area (Å²) in [7, 11) is 3.99. The van der Waals surface area contributed by atoms with Crippen molar-refractivity contribution in [3.8, 4) is 0 Å². The first-order chi connectivity index (χ1) is 14.9. The van der Waals surface area contributed by atoms with E-state index in [0.29, 0.717) is 11.3 Å². The highest BCUT2D eigenvalue weighted by atomic mass is 32.2. The van der Waals surface area contributed by atoms with Crippen LogP contribution in [0.3, 0.4) is 0 Å². The van der Waals surface area contributed by atoms with Gasteiger partial charge in [0.1, 0.15) is 5.37 Å². The molecule has 1 N–H and O–H groups in total. The van der Waals surface area contributed by atoms with Crippen molar-refractivity contribution in [2.24, 2.45) is 0 Å². The SMILES string of the molecule is Cc1ccccc1C(=O)Nc1ccc(C2SCC(=O)N2c2ccc(N(C)C)cc2)cc1. The van der Waals surface area contributed by atoms with Crippen molar-refractivity contribution in [3.05, 3.63) is 89.5 Å². The molecule has 3 aromatic rings. The summed E-state index contributed by atoms with van der Waals surface area (Å²) in [5, 5.41) is 2.87. The summed E-state index contributed by atoms with van der Waals surface area (Å²) in [6.45, 7) is 1.92. The van der Waals surface area contributed by atoms with E-state index in [4.69, 9.17) is 0 Å². The summed E-state index contributed by atoms with van der Waals surface area (Å²) in [6.07, 6.45) is 0. The molecule has 0 bridgehead atoms. The maximum absolute atomic E-state index is 12.6. The van der Waals surface area contributed by atoms with Crippen LogP contribution in [0, 0.1) is 6.92 Å². The molecule has 4 rings (SSSR count). The topological polar surface area (TPSA) is 52.7 Å². The van der Waals surface area contributed by atoms with Crippen molar-refractivity contribution < 1.29 is 9.59 Å². The first-order valence-corrected chi connectivity index (χ1v) is 11.2. The predicted molar refractivity (Wildman–Crippen MR) is 129 cm³/mol. The normalized spacial score (nSPS) is 15.8. The third kappa shape index (κ3) is 4.44. The molecular formula is C25H25N3O2S. The number of benzene rings is 3. The van der Waals surface area contributed by atoms with Crippen molar-refractivity contribution in [3.63, 3.8) is 0 Å². The highest BCUT2D eigenvalue weighted by Crippen LogP contribution is 2.42. The Kier molecular flexibility index (Phi) is 6.00. The molecule has 0 aromatic heterocycles. The number of aryl methyl sites for hydroxylation is 1. The Hall–Kier alpha value is -3.25. The molecule has 158 valence electrons. The van der Waals surface area contributed by atoms with Gasteiger partial charge in [-0.05, 0) is 60.5 Å². The second kappa shape index (κ2) is 8.86. The number of nitrogens with zero attached hydrogens (tertiary/aromatic N) is 2. The second-order valence-electron chi connectivity index (χ2n) is 7.73. The van der Waals surface area contributed by atoms with Gasteiger partial charge in [0.25, 0.3) is 5.91 Å². The van der Waals surface area contributed by atoms with Crippen molar-refractivity contribution in [2.75, 3.05) is 35.0 Å². The van der Waals surface area contributed by atoms with E-state index in [0.717, 1.165) is 28.2 Å². The number of nitrogens with one attached hydrogen (secondary N) is 1. The molecule has 3 aromatic carbocycles. The maximum Gasteiger partial charge on any atom is 0.255 e. The number of rotatable bonds is 5. The Balaban J connectivity index is 1.51. The molecule has 1 saturated heterocycles. The van der Waals surface area contributed by atoms with Gasteiger partial charge in [-0.1, -0.05) is 30.3 Å². The van der Waals surface area contributed by atoms with Crippen LogP contribution in [0.4, 0.5) is 17.1 Å². The van der Waals surface area contributed by atoms with E-state index < -0.39 is 0 Å². The van der Waals surface area contributed by atoms with E-state index in [2.05, 4.69) is 5.32 Å². The third-order valence-corrected chi connectivity index (χ3v) is 6.57. The lowest BCUT2D eigenvalue weighted by atomic mass is 10.1. The van der Waals surface area contributed by atoms with Crippen LogP contribution >= 0.6 is 11.8 Å². The van der Waals surface area contributed by atoms with E-state index in [1.807, 2.05) is 104 Å². The van der Waals surface area contributed by atoms with E-state index in [-0.39, 0.29) is 17.2 Å². The Morgan fingerprint density at radius 2 is 1.68 bits per heavy atom. The minimum atomic E-state index is -0.126. The van der Waals surface area contributed by atoms with Gasteiger partial charge in [-0.3, -0.25) is 14.5 Å². The standard InChI is InChI=1S/C25H25N3O2S/c1-17-6-4-5-7-22(17)24(30)26-19-10-8-18(9-11-19)25-28(23(29)16-31-25)21-14-12-20(13-15-21)27(2)3/h4-15,25H,16H2,1-3H3,(H,26,30). The average Bonchev–Trinajstić information content (AvgIpc) is 3.16. The minimum absolute atomic E-state index is 0.0844. The first kappa shape index (κ1) is 21.0. The summed E-state index contributed by atoms with van der Waals surface area (Å²) >= 11 is 1.61. The number of carbonyl (C=O) groups is 2. The van der Waals surface area contributed by atoms with Gasteiger partial charge in [0.2, 0.25) is 5.91 Å². The summed E-state index contributed by atoms with van der Waals surface area (Å²) in [5.74, 6) is 0.426. The van der Waals surface area contributed by atoms with Crippen molar-refractivity contribution in [1.29, 1.82) is 0 Å². The number of thioether (sulfide) groups is 1. The molecule has 1 unspecified atom stereocenters. The number of carbonyl (C=O) groups excluding carboxylic acids is 2. The Morgan fingerprint density at radius 3 is 2.32 bits per heavy atom. The average molecular weight is 432 g/mol. The van der Waals surface area contributed by atoms with E-state index in [1.165, 1.54) is 0 Å². The molecule has 1 atom stereocenters. The lowest BCUT2D eigenvalue weighted by Gasteiger charge is -2.25. The van der Waals surface area contributed by atoms with Crippen LogP contribution < -0.4 is 15.1 Å². The predicted octanol–water partition coefficient (Wildman–Crippen LogP) is 5.09. The van der Waals surface area contributed by atoms with Gasteiger partial charge in [-0.15, -0.1) is 11.8 Å². The quantitative estimate of drug-likeness (QED) is 0.611. The Morgan fingerprint density at radius 1 is 1.00 bits per heavy atom. The molecule has 6 heteroatoms. The van der Waals surface area contributed by atoms with Gasteiger partial charge >= 0.3 is 0 Å². The fourth-order valence-corrected chi connectivity index (χ4v) is 4.80. The highest BCUT2D eigenvalue weighted by molar-refractivity contribution is 8.00.